The lowest BCUT2D eigenvalue weighted by atomic mass is 9.78. The maximum absolute atomic E-state index is 14.1. The van der Waals surface area contributed by atoms with Gasteiger partial charge in [0, 0.05) is 37.3 Å². The molecule has 0 spiro atoms. The van der Waals surface area contributed by atoms with Gasteiger partial charge in [0.2, 0.25) is 5.91 Å². The van der Waals surface area contributed by atoms with Gasteiger partial charge in [0.25, 0.3) is 5.91 Å². The Balaban J connectivity index is 1.25. The van der Waals surface area contributed by atoms with Gasteiger partial charge in [-0.3, -0.25) is 14.5 Å². The minimum absolute atomic E-state index is 0.0404. The Hall–Kier alpha value is -3.44. The Kier molecular flexibility index (Phi) is 6.56. The Morgan fingerprint density at radius 1 is 0.892 bits per heavy atom. The molecule has 37 heavy (non-hydrogen) atoms. The molecule has 1 saturated heterocycles. The lowest BCUT2D eigenvalue weighted by Crippen LogP contribution is -2.51. The van der Waals surface area contributed by atoms with Crippen LogP contribution in [-0.4, -0.2) is 46.8 Å². The van der Waals surface area contributed by atoms with E-state index in [1.165, 1.54) is 5.56 Å². The van der Waals surface area contributed by atoms with Gasteiger partial charge in [-0.05, 0) is 55.4 Å². The van der Waals surface area contributed by atoms with E-state index in [0.29, 0.717) is 5.56 Å². The van der Waals surface area contributed by atoms with Gasteiger partial charge in [-0.2, -0.15) is 0 Å². The van der Waals surface area contributed by atoms with Crippen molar-refractivity contribution in [1.82, 2.24) is 15.1 Å². The number of likely N-dealkylation sites (tertiary alicyclic amines) is 1. The van der Waals surface area contributed by atoms with Crippen LogP contribution >= 0.6 is 0 Å². The SMILES string of the molecule is Cc1cccc([C@@H]2[C@@H](C(=O)NC3CCN(Cc4ccccc4)CC3)c3ccccc3C(=O)N2C2CC2)c1. The lowest BCUT2D eigenvalue weighted by Gasteiger charge is -2.43. The molecule has 2 amide bonds. The van der Waals surface area contributed by atoms with E-state index in [0.717, 1.165) is 62.0 Å². The molecule has 1 aliphatic carbocycles. The van der Waals surface area contributed by atoms with Crippen molar-refractivity contribution in [1.29, 1.82) is 0 Å². The highest BCUT2D eigenvalue weighted by molar-refractivity contribution is 6.01. The first-order valence-electron chi connectivity index (χ1n) is 13.6. The summed E-state index contributed by atoms with van der Waals surface area (Å²) in [6.45, 7) is 4.96. The van der Waals surface area contributed by atoms with E-state index in [1.807, 2.05) is 35.2 Å². The van der Waals surface area contributed by atoms with Crippen LogP contribution in [0, 0.1) is 6.92 Å². The van der Waals surface area contributed by atoms with Crippen LogP contribution < -0.4 is 5.32 Å². The van der Waals surface area contributed by atoms with Gasteiger partial charge in [0.1, 0.15) is 0 Å². The van der Waals surface area contributed by atoms with Crippen LogP contribution in [0.15, 0.2) is 78.9 Å². The van der Waals surface area contributed by atoms with Gasteiger partial charge in [0.05, 0.1) is 12.0 Å². The maximum atomic E-state index is 14.1. The molecule has 0 radical (unpaired) electrons. The van der Waals surface area contributed by atoms with Gasteiger partial charge in [-0.15, -0.1) is 0 Å². The van der Waals surface area contributed by atoms with Crippen molar-refractivity contribution in [3.8, 4) is 0 Å². The Labute approximate surface area is 219 Å². The Morgan fingerprint density at radius 3 is 2.35 bits per heavy atom. The molecule has 0 aromatic heterocycles. The molecule has 5 heteroatoms. The first kappa shape index (κ1) is 23.9. The fourth-order valence-corrected chi connectivity index (χ4v) is 6.16. The molecule has 3 aliphatic rings. The third-order valence-electron chi connectivity index (χ3n) is 8.17. The van der Waals surface area contributed by atoms with Crippen LogP contribution in [0.1, 0.15) is 70.3 Å². The second-order valence-corrected chi connectivity index (χ2v) is 10.9. The maximum Gasteiger partial charge on any atom is 0.254 e. The number of nitrogens with zero attached hydrogens (tertiary/aromatic N) is 2. The van der Waals surface area contributed by atoms with Gasteiger partial charge in [0.15, 0.2) is 0 Å². The second kappa shape index (κ2) is 10.1. The van der Waals surface area contributed by atoms with Crippen LogP contribution in [0.25, 0.3) is 0 Å². The lowest BCUT2D eigenvalue weighted by molar-refractivity contribution is -0.125. The number of amides is 2. The molecule has 3 aromatic rings. The first-order chi connectivity index (χ1) is 18.1. The summed E-state index contributed by atoms with van der Waals surface area (Å²) >= 11 is 0. The third-order valence-corrected chi connectivity index (χ3v) is 8.17. The van der Waals surface area contributed by atoms with Gasteiger partial charge in [-0.25, -0.2) is 0 Å². The molecule has 2 heterocycles. The molecule has 0 unspecified atom stereocenters. The van der Waals surface area contributed by atoms with Crippen molar-refractivity contribution < 1.29 is 9.59 Å². The zero-order chi connectivity index (χ0) is 25.4. The fourth-order valence-electron chi connectivity index (χ4n) is 6.16. The molecule has 3 aromatic carbocycles. The van der Waals surface area contributed by atoms with E-state index >= 15 is 0 Å². The largest absolute Gasteiger partial charge is 0.353 e. The van der Waals surface area contributed by atoms with Crippen molar-refractivity contribution in [2.24, 2.45) is 0 Å². The summed E-state index contributed by atoms with van der Waals surface area (Å²) in [6, 6.07) is 26.7. The number of hydrogen-bond donors (Lipinski definition) is 1. The van der Waals surface area contributed by atoms with Crippen molar-refractivity contribution in [2.75, 3.05) is 13.1 Å². The summed E-state index contributed by atoms with van der Waals surface area (Å²) in [7, 11) is 0. The number of hydrogen-bond acceptors (Lipinski definition) is 3. The van der Waals surface area contributed by atoms with Crippen molar-refractivity contribution in [3.05, 3.63) is 107 Å². The number of rotatable bonds is 6. The average molecular weight is 494 g/mol. The number of fused-ring (bicyclic) bond motifs is 1. The molecule has 2 atom stereocenters. The van der Waals surface area contributed by atoms with Gasteiger partial charge >= 0.3 is 0 Å². The molecule has 2 fully saturated rings. The molecule has 1 saturated carbocycles. The molecule has 6 rings (SSSR count). The molecule has 5 nitrogen and oxygen atoms in total. The number of piperidine rings is 1. The molecule has 190 valence electrons. The summed E-state index contributed by atoms with van der Waals surface area (Å²) in [5, 5.41) is 3.42. The van der Waals surface area contributed by atoms with Crippen molar-refractivity contribution >= 4 is 11.8 Å². The van der Waals surface area contributed by atoms with E-state index in [9.17, 15) is 9.59 Å². The predicted octanol–water partition coefficient (Wildman–Crippen LogP) is 5.22. The molecule has 1 N–H and O–H groups in total. The zero-order valence-corrected chi connectivity index (χ0v) is 21.5. The summed E-state index contributed by atoms with van der Waals surface area (Å²) in [6.07, 6.45) is 3.88. The van der Waals surface area contributed by atoms with E-state index in [4.69, 9.17) is 0 Å². The fraction of sp³-hybridized carbons (Fsp3) is 0.375. The number of benzene rings is 3. The third kappa shape index (κ3) is 4.93. The highest BCUT2D eigenvalue weighted by atomic mass is 16.2. The summed E-state index contributed by atoms with van der Waals surface area (Å²) in [5.41, 5.74) is 5.05. The zero-order valence-electron chi connectivity index (χ0n) is 21.5. The minimum Gasteiger partial charge on any atom is -0.353 e. The van der Waals surface area contributed by atoms with Crippen LogP contribution in [0.5, 0.6) is 0 Å². The standard InChI is InChI=1S/C32H35N3O2/c1-22-8-7-11-24(20-22)30-29(27-12-5-6-13-28(27)32(37)35(30)26-14-15-26)31(36)33-25-16-18-34(19-17-25)21-23-9-3-2-4-10-23/h2-13,20,25-26,29-30H,14-19,21H2,1H3,(H,33,36)/t29-,30+/m0/s1. The Bertz CT molecular complexity index is 1280. The number of carbonyl (C=O) groups excluding carboxylic acids is 2. The van der Waals surface area contributed by atoms with Crippen LogP contribution in [-0.2, 0) is 11.3 Å². The smallest absolute Gasteiger partial charge is 0.254 e. The molecule has 0 bridgehead atoms. The van der Waals surface area contributed by atoms with Crippen LogP contribution in [0.4, 0.5) is 0 Å². The van der Waals surface area contributed by atoms with Gasteiger partial charge < -0.3 is 10.2 Å². The van der Waals surface area contributed by atoms with Gasteiger partial charge in [-0.1, -0.05) is 78.4 Å². The number of aryl methyl sites for hydroxylation is 1. The van der Waals surface area contributed by atoms with Crippen LogP contribution in [0.2, 0.25) is 0 Å². The number of carbonyl (C=O) groups is 2. The molecular formula is C32H35N3O2. The molecular weight excluding hydrogens is 458 g/mol. The average Bonchev–Trinajstić information content (AvgIpc) is 3.75. The normalized spacial score (nSPS) is 22.5. The quantitative estimate of drug-likeness (QED) is 0.512. The van der Waals surface area contributed by atoms with E-state index in [-0.39, 0.29) is 29.9 Å². The van der Waals surface area contributed by atoms with Crippen molar-refractivity contribution in [3.63, 3.8) is 0 Å². The Morgan fingerprint density at radius 2 is 1.62 bits per heavy atom. The molecule has 2 aliphatic heterocycles. The second-order valence-electron chi connectivity index (χ2n) is 10.9. The summed E-state index contributed by atoms with van der Waals surface area (Å²) in [5.74, 6) is -0.319. The highest BCUT2D eigenvalue weighted by Crippen LogP contribution is 2.47. The predicted molar refractivity (Wildman–Crippen MR) is 145 cm³/mol. The van der Waals surface area contributed by atoms with Crippen molar-refractivity contribution in [2.45, 2.75) is 63.2 Å². The highest BCUT2D eigenvalue weighted by Gasteiger charge is 2.49. The first-order valence-corrected chi connectivity index (χ1v) is 13.6. The summed E-state index contributed by atoms with van der Waals surface area (Å²) < 4.78 is 0. The monoisotopic (exact) mass is 493 g/mol. The topological polar surface area (TPSA) is 52.7 Å². The number of nitrogens with one attached hydrogen (secondary N) is 1. The van der Waals surface area contributed by atoms with E-state index in [2.05, 4.69) is 65.7 Å². The van der Waals surface area contributed by atoms with E-state index < -0.39 is 5.92 Å². The summed E-state index contributed by atoms with van der Waals surface area (Å²) in [4.78, 5) is 32.3. The minimum atomic E-state index is -0.418. The van der Waals surface area contributed by atoms with E-state index in [1.54, 1.807) is 0 Å². The van der Waals surface area contributed by atoms with Crippen LogP contribution in [0.3, 0.4) is 0 Å².